The minimum atomic E-state index is 0.257. The van der Waals surface area contributed by atoms with E-state index in [-0.39, 0.29) is 5.91 Å². The molecule has 1 rings (SSSR count). The van der Waals surface area contributed by atoms with Crippen LogP contribution in [0, 0.1) is 5.92 Å². The van der Waals surface area contributed by atoms with Gasteiger partial charge in [-0.1, -0.05) is 45.4 Å². The van der Waals surface area contributed by atoms with E-state index in [0.717, 1.165) is 44.8 Å². The molecule has 0 aromatic rings. The van der Waals surface area contributed by atoms with Crippen LogP contribution in [0.2, 0.25) is 0 Å². The number of hydrogen-bond donors (Lipinski definition) is 2. The summed E-state index contributed by atoms with van der Waals surface area (Å²) in [4.78, 5) is 11.7. The van der Waals surface area contributed by atoms with Gasteiger partial charge in [-0.25, -0.2) is 0 Å². The molecule has 0 spiro atoms. The molecule has 118 valence electrons. The number of unbranched alkanes of at least 4 members (excludes halogenated alkanes) is 6. The maximum Gasteiger partial charge on any atom is 0.219 e. The molecule has 0 bridgehead atoms. The van der Waals surface area contributed by atoms with Gasteiger partial charge in [-0.15, -0.1) is 0 Å². The Labute approximate surface area is 125 Å². The lowest BCUT2D eigenvalue weighted by atomic mass is 9.95. The maximum atomic E-state index is 11.7. The van der Waals surface area contributed by atoms with Gasteiger partial charge >= 0.3 is 0 Å². The van der Waals surface area contributed by atoms with Crippen molar-refractivity contribution in [3.63, 3.8) is 0 Å². The summed E-state index contributed by atoms with van der Waals surface area (Å²) in [6.07, 6.45) is 13.4. The van der Waals surface area contributed by atoms with Crippen molar-refractivity contribution in [2.45, 2.75) is 77.6 Å². The van der Waals surface area contributed by atoms with Gasteiger partial charge < -0.3 is 10.6 Å². The van der Waals surface area contributed by atoms with Crippen LogP contribution in [0.4, 0.5) is 0 Å². The van der Waals surface area contributed by atoms with E-state index in [2.05, 4.69) is 17.6 Å². The van der Waals surface area contributed by atoms with E-state index in [9.17, 15) is 4.79 Å². The van der Waals surface area contributed by atoms with E-state index in [1.54, 1.807) is 0 Å². The molecule has 0 atom stereocenters. The number of rotatable bonds is 11. The number of piperidine rings is 1. The fraction of sp³-hybridized carbons (Fsp3) is 0.941. The van der Waals surface area contributed by atoms with E-state index in [4.69, 9.17) is 0 Å². The van der Waals surface area contributed by atoms with Crippen LogP contribution in [0.3, 0.4) is 0 Å². The fourth-order valence-corrected chi connectivity index (χ4v) is 2.92. The van der Waals surface area contributed by atoms with E-state index in [0.29, 0.717) is 0 Å². The Kier molecular flexibility index (Phi) is 10.7. The molecule has 2 N–H and O–H groups in total. The van der Waals surface area contributed by atoms with Gasteiger partial charge in [-0.3, -0.25) is 4.79 Å². The van der Waals surface area contributed by atoms with Crippen molar-refractivity contribution < 1.29 is 4.79 Å². The number of nitrogens with one attached hydrogen (secondary N) is 2. The molecule has 1 fully saturated rings. The van der Waals surface area contributed by atoms with Crippen LogP contribution in [0.5, 0.6) is 0 Å². The summed E-state index contributed by atoms with van der Waals surface area (Å²) in [5.41, 5.74) is 0. The molecule has 0 radical (unpaired) electrons. The second kappa shape index (κ2) is 12.2. The summed E-state index contributed by atoms with van der Waals surface area (Å²) >= 11 is 0. The molecule has 1 saturated heterocycles. The van der Waals surface area contributed by atoms with Crippen molar-refractivity contribution in [3.05, 3.63) is 0 Å². The highest BCUT2D eigenvalue weighted by atomic mass is 16.1. The minimum absolute atomic E-state index is 0.257. The third kappa shape index (κ3) is 9.35. The third-order valence-electron chi connectivity index (χ3n) is 4.34. The average Bonchev–Trinajstić information content (AvgIpc) is 2.47. The monoisotopic (exact) mass is 282 g/mol. The SMILES string of the molecule is CCCCCCCCCC(=O)NCCC1CCNCC1. The predicted octanol–water partition coefficient (Wildman–Crippen LogP) is 3.63. The van der Waals surface area contributed by atoms with Gasteiger partial charge in [0.1, 0.15) is 0 Å². The summed E-state index contributed by atoms with van der Waals surface area (Å²) in [6.45, 7) is 5.42. The van der Waals surface area contributed by atoms with Gasteiger partial charge in [0.15, 0.2) is 0 Å². The van der Waals surface area contributed by atoms with Crippen molar-refractivity contribution >= 4 is 5.91 Å². The standard InChI is InChI=1S/C17H34N2O/c1-2-3-4-5-6-7-8-9-17(20)19-15-12-16-10-13-18-14-11-16/h16,18H,2-15H2,1H3,(H,19,20). The first kappa shape index (κ1) is 17.5. The van der Waals surface area contributed by atoms with Gasteiger partial charge in [0.25, 0.3) is 0 Å². The van der Waals surface area contributed by atoms with Crippen LogP contribution in [-0.4, -0.2) is 25.5 Å². The van der Waals surface area contributed by atoms with Crippen LogP contribution in [0.25, 0.3) is 0 Å². The van der Waals surface area contributed by atoms with Crippen molar-refractivity contribution in [3.8, 4) is 0 Å². The summed E-state index contributed by atoms with van der Waals surface area (Å²) in [7, 11) is 0. The van der Waals surface area contributed by atoms with E-state index in [1.807, 2.05) is 0 Å². The quantitative estimate of drug-likeness (QED) is 0.568. The highest BCUT2D eigenvalue weighted by Gasteiger charge is 2.12. The molecule has 1 amide bonds. The molecule has 1 aliphatic heterocycles. The highest BCUT2D eigenvalue weighted by Crippen LogP contribution is 2.14. The Morgan fingerprint density at radius 1 is 1.05 bits per heavy atom. The van der Waals surface area contributed by atoms with Crippen molar-refractivity contribution in [1.82, 2.24) is 10.6 Å². The zero-order valence-electron chi connectivity index (χ0n) is 13.4. The van der Waals surface area contributed by atoms with Gasteiger partial charge in [0, 0.05) is 13.0 Å². The minimum Gasteiger partial charge on any atom is -0.356 e. The number of amides is 1. The van der Waals surface area contributed by atoms with Crippen molar-refractivity contribution in [2.24, 2.45) is 5.92 Å². The molecule has 0 saturated carbocycles. The molecule has 1 aliphatic rings. The Hall–Kier alpha value is -0.570. The number of hydrogen-bond acceptors (Lipinski definition) is 2. The van der Waals surface area contributed by atoms with Gasteiger partial charge in [-0.05, 0) is 44.7 Å². The molecule has 3 nitrogen and oxygen atoms in total. The molecule has 0 aromatic carbocycles. The topological polar surface area (TPSA) is 41.1 Å². The Balaban J connectivity index is 1.85. The lowest BCUT2D eigenvalue weighted by molar-refractivity contribution is -0.121. The molecule has 0 unspecified atom stereocenters. The summed E-state index contributed by atoms with van der Waals surface area (Å²) in [5, 5.41) is 6.46. The first-order chi connectivity index (χ1) is 9.83. The van der Waals surface area contributed by atoms with Crippen molar-refractivity contribution in [2.75, 3.05) is 19.6 Å². The van der Waals surface area contributed by atoms with Crippen LogP contribution in [0.1, 0.15) is 77.6 Å². The van der Waals surface area contributed by atoms with Crippen LogP contribution >= 0.6 is 0 Å². The van der Waals surface area contributed by atoms with E-state index < -0.39 is 0 Å². The Morgan fingerprint density at radius 2 is 1.70 bits per heavy atom. The van der Waals surface area contributed by atoms with Crippen LogP contribution in [0.15, 0.2) is 0 Å². The lowest BCUT2D eigenvalue weighted by Gasteiger charge is -2.22. The first-order valence-electron chi connectivity index (χ1n) is 8.80. The summed E-state index contributed by atoms with van der Waals surface area (Å²) in [6, 6.07) is 0. The van der Waals surface area contributed by atoms with Crippen LogP contribution in [-0.2, 0) is 4.79 Å². The normalized spacial score (nSPS) is 16.2. The van der Waals surface area contributed by atoms with Crippen molar-refractivity contribution in [1.29, 1.82) is 0 Å². The Bertz CT molecular complexity index is 237. The molecule has 0 aromatic heterocycles. The lowest BCUT2D eigenvalue weighted by Crippen LogP contribution is -2.31. The molecule has 1 heterocycles. The second-order valence-corrected chi connectivity index (χ2v) is 6.20. The smallest absolute Gasteiger partial charge is 0.219 e. The zero-order chi connectivity index (χ0) is 14.5. The van der Waals surface area contributed by atoms with Crippen LogP contribution < -0.4 is 10.6 Å². The summed E-state index contributed by atoms with van der Waals surface area (Å²) in [5.74, 6) is 1.07. The molecular weight excluding hydrogens is 248 g/mol. The molecule has 3 heteroatoms. The molecule has 20 heavy (non-hydrogen) atoms. The number of carbonyl (C=O) groups is 1. The van der Waals surface area contributed by atoms with E-state index in [1.165, 1.54) is 51.4 Å². The Morgan fingerprint density at radius 3 is 2.40 bits per heavy atom. The van der Waals surface area contributed by atoms with Gasteiger partial charge in [0.2, 0.25) is 5.91 Å². The zero-order valence-corrected chi connectivity index (χ0v) is 13.4. The predicted molar refractivity (Wildman–Crippen MR) is 85.8 cm³/mol. The third-order valence-corrected chi connectivity index (χ3v) is 4.34. The molecular formula is C17H34N2O. The average molecular weight is 282 g/mol. The number of carbonyl (C=O) groups excluding carboxylic acids is 1. The van der Waals surface area contributed by atoms with E-state index >= 15 is 0 Å². The van der Waals surface area contributed by atoms with Gasteiger partial charge in [0.05, 0.1) is 0 Å². The largest absolute Gasteiger partial charge is 0.356 e. The highest BCUT2D eigenvalue weighted by molar-refractivity contribution is 5.75. The maximum absolute atomic E-state index is 11.7. The van der Waals surface area contributed by atoms with Gasteiger partial charge in [-0.2, -0.15) is 0 Å². The summed E-state index contributed by atoms with van der Waals surface area (Å²) < 4.78 is 0. The first-order valence-corrected chi connectivity index (χ1v) is 8.80. The molecule has 0 aliphatic carbocycles. The fourth-order valence-electron chi connectivity index (χ4n) is 2.92. The second-order valence-electron chi connectivity index (χ2n) is 6.20.